The first kappa shape index (κ1) is 10.7. The molecule has 0 amide bonds. The molecule has 0 spiro atoms. The van der Waals surface area contributed by atoms with E-state index in [9.17, 15) is 13.2 Å². The molecular formula is C8H15NO3S. The molecule has 13 heavy (non-hydrogen) atoms. The standard InChI is InChI=1S/C8H15NO3S/c1-6(2)8(10)7-4-9(5-7)13(3,11)12/h6-7H,4-5H2,1-3H3. The van der Waals surface area contributed by atoms with Gasteiger partial charge in [0.2, 0.25) is 10.0 Å². The van der Waals surface area contributed by atoms with Crippen LogP contribution in [0.3, 0.4) is 0 Å². The zero-order chi connectivity index (χ0) is 10.2. The molecule has 0 aromatic carbocycles. The second-order valence-corrected chi connectivity index (χ2v) is 5.82. The van der Waals surface area contributed by atoms with Gasteiger partial charge in [-0.25, -0.2) is 12.7 Å². The maximum Gasteiger partial charge on any atom is 0.211 e. The SMILES string of the molecule is CC(C)C(=O)C1CN(S(C)(=O)=O)C1. The van der Waals surface area contributed by atoms with Gasteiger partial charge in [0.25, 0.3) is 0 Å². The molecule has 1 rings (SSSR count). The number of nitrogens with zero attached hydrogens (tertiary/aromatic N) is 1. The number of carbonyl (C=O) groups excluding carboxylic acids is 1. The Morgan fingerprint density at radius 1 is 1.38 bits per heavy atom. The minimum atomic E-state index is -3.08. The molecule has 4 nitrogen and oxygen atoms in total. The van der Waals surface area contributed by atoms with Crippen LogP contribution in [-0.4, -0.2) is 37.9 Å². The Morgan fingerprint density at radius 3 is 2.15 bits per heavy atom. The zero-order valence-corrected chi connectivity index (χ0v) is 8.97. The van der Waals surface area contributed by atoms with Crippen molar-refractivity contribution >= 4 is 15.8 Å². The van der Waals surface area contributed by atoms with E-state index in [4.69, 9.17) is 0 Å². The fraction of sp³-hybridized carbons (Fsp3) is 0.875. The summed E-state index contributed by atoms with van der Waals surface area (Å²) in [6, 6.07) is 0. The van der Waals surface area contributed by atoms with Gasteiger partial charge in [-0.05, 0) is 0 Å². The van der Waals surface area contributed by atoms with Crippen molar-refractivity contribution < 1.29 is 13.2 Å². The van der Waals surface area contributed by atoms with Crippen LogP contribution in [0.25, 0.3) is 0 Å². The molecule has 1 fully saturated rings. The molecule has 0 bridgehead atoms. The summed E-state index contributed by atoms with van der Waals surface area (Å²) in [5.74, 6) is 0.0985. The van der Waals surface area contributed by atoms with Crippen molar-refractivity contribution in [3.63, 3.8) is 0 Å². The predicted octanol–water partition coefficient (Wildman–Crippen LogP) is 0.103. The highest BCUT2D eigenvalue weighted by atomic mass is 32.2. The van der Waals surface area contributed by atoms with Crippen molar-refractivity contribution in [2.75, 3.05) is 19.3 Å². The molecule has 1 aliphatic rings. The highest BCUT2D eigenvalue weighted by Crippen LogP contribution is 2.21. The fourth-order valence-corrected chi connectivity index (χ4v) is 2.26. The number of hydrogen-bond donors (Lipinski definition) is 0. The quantitative estimate of drug-likeness (QED) is 0.656. The first-order valence-electron chi connectivity index (χ1n) is 4.31. The molecule has 76 valence electrons. The van der Waals surface area contributed by atoms with Crippen LogP contribution < -0.4 is 0 Å². The van der Waals surface area contributed by atoms with E-state index in [0.29, 0.717) is 13.1 Å². The Bertz CT molecular complexity index is 301. The second-order valence-electron chi connectivity index (χ2n) is 3.83. The molecule has 0 saturated carbocycles. The molecule has 0 aromatic heterocycles. The Morgan fingerprint density at radius 2 is 1.85 bits per heavy atom. The second kappa shape index (κ2) is 3.38. The van der Waals surface area contributed by atoms with Crippen LogP contribution in [0.2, 0.25) is 0 Å². The van der Waals surface area contributed by atoms with Gasteiger partial charge < -0.3 is 0 Å². The van der Waals surface area contributed by atoms with Crippen LogP contribution in [0.15, 0.2) is 0 Å². The van der Waals surface area contributed by atoms with Gasteiger partial charge >= 0.3 is 0 Å². The Labute approximate surface area is 79.0 Å². The number of hydrogen-bond acceptors (Lipinski definition) is 3. The zero-order valence-electron chi connectivity index (χ0n) is 8.15. The summed E-state index contributed by atoms with van der Waals surface area (Å²) in [6.45, 7) is 4.42. The largest absolute Gasteiger partial charge is 0.299 e. The smallest absolute Gasteiger partial charge is 0.211 e. The minimum absolute atomic E-state index is 0.00621. The van der Waals surface area contributed by atoms with E-state index >= 15 is 0 Å². The first-order chi connectivity index (χ1) is 5.82. The van der Waals surface area contributed by atoms with Crippen LogP contribution in [0.4, 0.5) is 0 Å². The van der Waals surface area contributed by atoms with Gasteiger partial charge in [0, 0.05) is 24.9 Å². The third-order valence-corrected chi connectivity index (χ3v) is 3.52. The van der Waals surface area contributed by atoms with E-state index in [-0.39, 0.29) is 17.6 Å². The Kier molecular flexibility index (Phi) is 2.77. The van der Waals surface area contributed by atoms with Gasteiger partial charge in [-0.3, -0.25) is 4.79 Å². The van der Waals surface area contributed by atoms with E-state index in [0.717, 1.165) is 0 Å². The lowest BCUT2D eigenvalue weighted by atomic mass is 9.91. The van der Waals surface area contributed by atoms with E-state index < -0.39 is 10.0 Å². The van der Waals surface area contributed by atoms with Gasteiger partial charge in [-0.1, -0.05) is 13.8 Å². The number of carbonyl (C=O) groups is 1. The molecule has 0 atom stereocenters. The number of sulfonamides is 1. The molecule has 5 heteroatoms. The summed E-state index contributed by atoms with van der Waals surface area (Å²) in [5, 5.41) is 0. The van der Waals surface area contributed by atoms with E-state index in [1.807, 2.05) is 13.8 Å². The number of rotatable bonds is 3. The first-order valence-corrected chi connectivity index (χ1v) is 6.16. The van der Waals surface area contributed by atoms with E-state index in [1.54, 1.807) is 0 Å². The van der Waals surface area contributed by atoms with Crippen LogP contribution >= 0.6 is 0 Å². The molecule has 0 unspecified atom stereocenters. The summed E-state index contributed by atoms with van der Waals surface area (Å²) in [7, 11) is -3.08. The maximum absolute atomic E-state index is 11.4. The van der Waals surface area contributed by atoms with Gasteiger partial charge in [-0.15, -0.1) is 0 Å². The lowest BCUT2D eigenvalue weighted by Crippen LogP contribution is -2.53. The molecular weight excluding hydrogens is 190 g/mol. The lowest BCUT2D eigenvalue weighted by molar-refractivity contribution is -0.129. The van der Waals surface area contributed by atoms with Crippen molar-refractivity contribution in [1.82, 2.24) is 4.31 Å². The van der Waals surface area contributed by atoms with E-state index in [1.165, 1.54) is 10.6 Å². The van der Waals surface area contributed by atoms with Crippen molar-refractivity contribution in [2.45, 2.75) is 13.8 Å². The minimum Gasteiger partial charge on any atom is -0.299 e. The molecule has 1 saturated heterocycles. The van der Waals surface area contributed by atoms with Gasteiger partial charge in [-0.2, -0.15) is 0 Å². The third kappa shape index (κ3) is 2.28. The maximum atomic E-state index is 11.4. The summed E-state index contributed by atoms with van der Waals surface area (Å²) in [4.78, 5) is 11.4. The average molecular weight is 205 g/mol. The highest BCUT2D eigenvalue weighted by Gasteiger charge is 2.38. The average Bonchev–Trinajstić information content (AvgIpc) is 1.79. The molecule has 1 heterocycles. The van der Waals surface area contributed by atoms with Gasteiger partial charge in [0.15, 0.2) is 0 Å². The lowest BCUT2D eigenvalue weighted by Gasteiger charge is -2.36. The van der Waals surface area contributed by atoms with Crippen LogP contribution in [0.5, 0.6) is 0 Å². The summed E-state index contributed by atoms with van der Waals surface area (Å²) < 4.78 is 23.3. The topological polar surface area (TPSA) is 54.5 Å². The summed E-state index contributed by atoms with van der Waals surface area (Å²) >= 11 is 0. The third-order valence-electron chi connectivity index (χ3n) is 2.29. The van der Waals surface area contributed by atoms with E-state index in [2.05, 4.69) is 0 Å². The molecule has 0 N–H and O–H groups in total. The van der Waals surface area contributed by atoms with Crippen molar-refractivity contribution in [2.24, 2.45) is 11.8 Å². The monoisotopic (exact) mass is 205 g/mol. The molecule has 0 aliphatic carbocycles. The van der Waals surface area contributed by atoms with Gasteiger partial charge in [0.05, 0.1) is 6.26 Å². The normalized spacial score (nSPS) is 20.3. The van der Waals surface area contributed by atoms with Crippen molar-refractivity contribution in [3.8, 4) is 0 Å². The van der Waals surface area contributed by atoms with Crippen molar-refractivity contribution in [1.29, 1.82) is 0 Å². The molecule has 1 aliphatic heterocycles. The van der Waals surface area contributed by atoms with Crippen molar-refractivity contribution in [3.05, 3.63) is 0 Å². The molecule has 0 aromatic rings. The fourth-order valence-electron chi connectivity index (χ4n) is 1.36. The summed E-state index contributed by atoms with van der Waals surface area (Å²) in [6.07, 6.45) is 1.17. The van der Waals surface area contributed by atoms with Crippen LogP contribution in [0.1, 0.15) is 13.8 Å². The van der Waals surface area contributed by atoms with Crippen LogP contribution in [0, 0.1) is 11.8 Å². The Hall–Kier alpha value is -0.420. The summed E-state index contributed by atoms with van der Waals surface area (Å²) in [5.41, 5.74) is 0. The van der Waals surface area contributed by atoms with Crippen LogP contribution in [-0.2, 0) is 14.8 Å². The molecule has 0 radical (unpaired) electrons. The predicted molar refractivity (Wildman–Crippen MR) is 49.8 cm³/mol. The number of ketones is 1. The Balaban J connectivity index is 2.47. The van der Waals surface area contributed by atoms with Gasteiger partial charge in [0.1, 0.15) is 5.78 Å². The number of Topliss-reactive ketones (excluding diaryl/α,β-unsaturated/α-hetero) is 1. The highest BCUT2D eigenvalue weighted by molar-refractivity contribution is 7.88.